The van der Waals surface area contributed by atoms with Crippen molar-refractivity contribution in [1.82, 2.24) is 5.32 Å². The fourth-order valence-corrected chi connectivity index (χ4v) is 2.42. The molecule has 0 spiro atoms. The zero-order chi connectivity index (χ0) is 13.8. The molecule has 0 bridgehead atoms. The lowest BCUT2D eigenvalue weighted by molar-refractivity contribution is -0.0498. The van der Waals surface area contributed by atoms with Gasteiger partial charge in [0.1, 0.15) is 5.75 Å². The summed E-state index contributed by atoms with van der Waals surface area (Å²) < 4.78 is 28.4. The number of ether oxygens (including phenoxy) is 1. The highest BCUT2D eigenvalue weighted by Crippen LogP contribution is 2.36. The van der Waals surface area contributed by atoms with Crippen LogP contribution in [-0.4, -0.2) is 23.9 Å². The molecule has 19 heavy (non-hydrogen) atoms. The van der Waals surface area contributed by atoms with Gasteiger partial charge >= 0.3 is 6.61 Å². The first-order valence-corrected chi connectivity index (χ1v) is 6.95. The lowest BCUT2D eigenvalue weighted by atomic mass is 10.2. The molecule has 1 aliphatic rings. The number of hydrogen-bond donors (Lipinski definition) is 1. The first kappa shape index (κ1) is 14.2. The minimum atomic E-state index is -2.89. The molecule has 1 aromatic carbocycles. The molecule has 104 valence electrons. The van der Waals surface area contributed by atoms with Gasteiger partial charge in [-0.05, 0) is 37.0 Å². The minimum Gasteiger partial charge on any atom is -0.435 e. The molecule has 0 saturated heterocycles. The third kappa shape index (κ3) is 4.45. The van der Waals surface area contributed by atoms with Gasteiger partial charge in [-0.3, -0.25) is 4.79 Å². The number of hydrogen-bond acceptors (Lipinski definition) is 2. The summed E-state index contributed by atoms with van der Waals surface area (Å²) in [5.74, 6) is 0.332. The molecule has 1 atom stereocenters. The Morgan fingerprint density at radius 3 is 2.84 bits per heavy atom. The van der Waals surface area contributed by atoms with Crippen LogP contribution in [-0.2, 0) is 0 Å². The van der Waals surface area contributed by atoms with Crippen molar-refractivity contribution < 1.29 is 18.3 Å². The number of benzene rings is 1. The second kappa shape index (κ2) is 6.32. The van der Waals surface area contributed by atoms with Crippen molar-refractivity contribution in [3.05, 3.63) is 29.8 Å². The Balaban J connectivity index is 1.90. The molecule has 6 heteroatoms. The summed E-state index contributed by atoms with van der Waals surface area (Å²) in [7, 11) is 0. The molecule has 0 heterocycles. The van der Waals surface area contributed by atoms with Crippen molar-refractivity contribution >= 4 is 21.8 Å². The van der Waals surface area contributed by atoms with Gasteiger partial charge in [0, 0.05) is 16.9 Å². The first-order valence-electron chi connectivity index (χ1n) is 6.03. The van der Waals surface area contributed by atoms with Crippen LogP contribution in [0.15, 0.2) is 24.3 Å². The van der Waals surface area contributed by atoms with E-state index < -0.39 is 6.61 Å². The average Bonchev–Trinajstić information content (AvgIpc) is 3.19. The largest absolute Gasteiger partial charge is 0.435 e. The molecule has 0 aromatic heterocycles. The maximum Gasteiger partial charge on any atom is 0.387 e. The van der Waals surface area contributed by atoms with E-state index in [9.17, 15) is 13.6 Å². The van der Waals surface area contributed by atoms with Crippen LogP contribution < -0.4 is 10.1 Å². The quantitative estimate of drug-likeness (QED) is 0.812. The van der Waals surface area contributed by atoms with Crippen molar-refractivity contribution in [2.75, 3.05) is 6.54 Å². The topological polar surface area (TPSA) is 38.3 Å². The van der Waals surface area contributed by atoms with Crippen LogP contribution in [0.25, 0.3) is 0 Å². The Labute approximate surface area is 118 Å². The zero-order valence-corrected chi connectivity index (χ0v) is 11.7. The van der Waals surface area contributed by atoms with Gasteiger partial charge in [-0.25, -0.2) is 0 Å². The van der Waals surface area contributed by atoms with E-state index in [0.29, 0.717) is 18.0 Å². The molecule has 0 radical (unpaired) electrons. The van der Waals surface area contributed by atoms with Gasteiger partial charge in [0.2, 0.25) is 0 Å². The number of rotatable bonds is 6. The van der Waals surface area contributed by atoms with Crippen LogP contribution in [0.3, 0.4) is 0 Å². The fourth-order valence-electron chi connectivity index (χ4n) is 1.73. The number of amides is 1. The van der Waals surface area contributed by atoms with Crippen LogP contribution in [0.5, 0.6) is 5.75 Å². The zero-order valence-electron chi connectivity index (χ0n) is 10.1. The normalized spacial score (nSPS) is 16.2. The number of carbonyl (C=O) groups excluding carboxylic acids is 1. The lowest BCUT2D eigenvalue weighted by Gasteiger charge is -2.11. The van der Waals surface area contributed by atoms with Gasteiger partial charge in [0.15, 0.2) is 0 Å². The van der Waals surface area contributed by atoms with Crippen LogP contribution in [0.2, 0.25) is 0 Å². The summed E-state index contributed by atoms with van der Waals surface area (Å²) in [4.78, 5) is 12.1. The Hall–Kier alpha value is -1.17. The van der Waals surface area contributed by atoms with Crippen molar-refractivity contribution in [2.45, 2.75) is 24.3 Å². The molecule has 1 aromatic rings. The second-order valence-corrected chi connectivity index (χ2v) is 5.65. The molecule has 0 aliphatic heterocycles. The number of halogens is 3. The molecular weight excluding hydrogens is 320 g/mol. The van der Waals surface area contributed by atoms with E-state index in [1.165, 1.54) is 31.0 Å². The van der Waals surface area contributed by atoms with E-state index in [4.69, 9.17) is 0 Å². The Kier molecular flexibility index (Phi) is 4.74. The SMILES string of the molecule is O=C(NCC(Br)C1CC1)c1cccc(OC(F)F)c1. The Morgan fingerprint density at radius 2 is 2.21 bits per heavy atom. The molecule has 2 rings (SSSR count). The third-order valence-corrected chi connectivity index (χ3v) is 3.98. The number of nitrogens with one attached hydrogen (secondary N) is 1. The van der Waals surface area contributed by atoms with Crippen LogP contribution in [0.1, 0.15) is 23.2 Å². The van der Waals surface area contributed by atoms with Crippen LogP contribution >= 0.6 is 15.9 Å². The van der Waals surface area contributed by atoms with Crippen LogP contribution in [0.4, 0.5) is 8.78 Å². The third-order valence-electron chi connectivity index (χ3n) is 2.91. The lowest BCUT2D eigenvalue weighted by Crippen LogP contribution is -2.30. The summed E-state index contributed by atoms with van der Waals surface area (Å²) in [6.07, 6.45) is 2.37. The summed E-state index contributed by atoms with van der Waals surface area (Å²) in [6, 6.07) is 5.77. The van der Waals surface area contributed by atoms with Crippen molar-refractivity contribution in [3.63, 3.8) is 0 Å². The van der Waals surface area contributed by atoms with Crippen molar-refractivity contribution in [3.8, 4) is 5.75 Å². The van der Waals surface area contributed by atoms with E-state index in [1.54, 1.807) is 6.07 Å². The van der Waals surface area contributed by atoms with Gasteiger partial charge in [0.25, 0.3) is 5.91 Å². The molecule has 1 unspecified atom stereocenters. The predicted octanol–water partition coefficient (Wildman–Crippen LogP) is 3.19. The summed E-state index contributed by atoms with van der Waals surface area (Å²) in [5, 5.41) is 2.77. The Bertz CT molecular complexity index is 452. The molecule has 3 nitrogen and oxygen atoms in total. The summed E-state index contributed by atoms with van der Waals surface area (Å²) in [5.41, 5.74) is 0.314. The molecule has 1 saturated carbocycles. The standard InChI is InChI=1S/C13H14BrF2NO2/c14-11(8-4-5-8)7-17-12(18)9-2-1-3-10(6-9)19-13(15)16/h1-3,6,8,11,13H,4-5,7H2,(H,17,18). The fraction of sp³-hybridized carbons (Fsp3) is 0.462. The maximum atomic E-state index is 12.1. The molecule has 1 N–H and O–H groups in total. The van der Waals surface area contributed by atoms with E-state index in [1.807, 2.05) is 0 Å². The number of alkyl halides is 3. The molecule has 1 amide bonds. The highest BCUT2D eigenvalue weighted by molar-refractivity contribution is 9.09. The second-order valence-electron chi connectivity index (χ2n) is 4.47. The minimum absolute atomic E-state index is 0.0137. The maximum absolute atomic E-state index is 12.1. The van der Waals surface area contributed by atoms with E-state index in [0.717, 1.165) is 0 Å². The van der Waals surface area contributed by atoms with Gasteiger partial charge < -0.3 is 10.1 Å². The van der Waals surface area contributed by atoms with Crippen LogP contribution in [0, 0.1) is 5.92 Å². The highest BCUT2D eigenvalue weighted by Gasteiger charge is 2.29. The average molecular weight is 334 g/mol. The highest BCUT2D eigenvalue weighted by atomic mass is 79.9. The Morgan fingerprint density at radius 1 is 1.47 bits per heavy atom. The molecule has 1 fully saturated rings. The van der Waals surface area contributed by atoms with Gasteiger partial charge in [-0.1, -0.05) is 22.0 Å². The van der Waals surface area contributed by atoms with Crippen molar-refractivity contribution in [2.24, 2.45) is 5.92 Å². The molecular formula is C13H14BrF2NO2. The van der Waals surface area contributed by atoms with Gasteiger partial charge in [-0.2, -0.15) is 8.78 Å². The number of carbonyl (C=O) groups is 1. The van der Waals surface area contributed by atoms with Gasteiger partial charge in [0.05, 0.1) is 0 Å². The van der Waals surface area contributed by atoms with E-state index in [-0.39, 0.29) is 16.5 Å². The molecule has 1 aliphatic carbocycles. The van der Waals surface area contributed by atoms with Gasteiger partial charge in [-0.15, -0.1) is 0 Å². The summed E-state index contributed by atoms with van der Waals surface area (Å²) >= 11 is 3.51. The summed E-state index contributed by atoms with van der Waals surface area (Å²) in [6.45, 7) is -2.36. The van der Waals surface area contributed by atoms with Crippen molar-refractivity contribution in [1.29, 1.82) is 0 Å². The first-order chi connectivity index (χ1) is 9.06. The monoisotopic (exact) mass is 333 g/mol. The smallest absolute Gasteiger partial charge is 0.387 e. The van der Waals surface area contributed by atoms with E-state index in [2.05, 4.69) is 26.0 Å². The van der Waals surface area contributed by atoms with E-state index >= 15 is 0 Å². The predicted molar refractivity (Wildman–Crippen MR) is 70.8 cm³/mol.